The highest BCUT2D eigenvalue weighted by Crippen LogP contribution is 2.51. The number of anilines is 2. The zero-order valence-corrected chi connectivity index (χ0v) is 45.9. The monoisotopic (exact) mass is 1080 g/mol. The van der Waals surface area contributed by atoms with Crippen molar-refractivity contribution in [1.29, 1.82) is 0 Å². The number of aromatic amines is 1. The van der Waals surface area contributed by atoms with Crippen LogP contribution < -0.4 is 32.3 Å². The maximum atomic E-state index is 14.0. The number of urea groups is 1. The molecule has 3 unspecified atom stereocenters. The smallest absolute Gasteiger partial charge is 0.318 e. The number of carbonyl (C=O) groups is 4. The second-order valence-corrected chi connectivity index (χ2v) is 23.2. The Kier molecular flexibility index (Phi) is 17.8. The van der Waals surface area contributed by atoms with E-state index in [1.54, 1.807) is 23.1 Å². The summed E-state index contributed by atoms with van der Waals surface area (Å²) in [5, 5.41) is 29.8. The third-order valence-electron chi connectivity index (χ3n) is 17.4. The molecule has 1 spiro atoms. The van der Waals surface area contributed by atoms with Crippen LogP contribution in [-0.4, -0.2) is 172 Å². The van der Waals surface area contributed by atoms with Crippen molar-refractivity contribution < 1.29 is 34.1 Å². The third kappa shape index (κ3) is 13.1. The van der Waals surface area contributed by atoms with Gasteiger partial charge in [-0.2, -0.15) is 0 Å². The predicted molar refractivity (Wildman–Crippen MR) is 303 cm³/mol. The van der Waals surface area contributed by atoms with Crippen molar-refractivity contribution in [2.75, 3.05) is 89.2 Å². The molecular formula is C59H79N13O7. The number of terminal acetylenes is 1. The number of para-hydroxylation sites is 1. The topological polar surface area (TPSA) is 264 Å². The van der Waals surface area contributed by atoms with Gasteiger partial charge in [-0.15, -0.1) is 6.42 Å². The molecule has 6 aliphatic rings. The van der Waals surface area contributed by atoms with E-state index in [0.717, 1.165) is 106 Å². The molecule has 4 amide bonds. The number of nitrogens with zero attached hydrogens (tertiary/aromatic N) is 7. The van der Waals surface area contributed by atoms with E-state index in [-0.39, 0.29) is 41.7 Å². The normalized spacial score (nSPS) is 22.1. The Bertz CT molecular complexity index is 2830. The van der Waals surface area contributed by atoms with E-state index >= 15 is 0 Å². The number of H-pyrrole nitrogens is 1. The number of β-amino-alcohol motifs (C(OH)–C–C–N with tert-alkyl or cyclic N) is 1. The van der Waals surface area contributed by atoms with Gasteiger partial charge in [0.1, 0.15) is 24.2 Å². The fourth-order valence-electron chi connectivity index (χ4n) is 12.7. The molecule has 4 aromatic rings. The number of hydrogen-bond acceptors (Lipinski definition) is 15. The van der Waals surface area contributed by atoms with Crippen molar-refractivity contribution in [3.63, 3.8) is 0 Å². The van der Waals surface area contributed by atoms with Crippen LogP contribution in [0.5, 0.6) is 5.75 Å². The highest BCUT2D eigenvalue weighted by molar-refractivity contribution is 5.89. The molecule has 4 atom stereocenters. The summed E-state index contributed by atoms with van der Waals surface area (Å²) >= 11 is 0. The Hall–Kier alpha value is -7.18. The van der Waals surface area contributed by atoms with Crippen LogP contribution in [0.1, 0.15) is 110 Å². The van der Waals surface area contributed by atoms with Gasteiger partial charge in [-0.3, -0.25) is 14.4 Å². The Morgan fingerprint density at radius 2 is 1.73 bits per heavy atom. The zero-order valence-electron chi connectivity index (χ0n) is 45.9. The lowest BCUT2D eigenvalue weighted by Crippen LogP contribution is -2.70. The standard InChI is InChI=1S/C49H70N12O6.C10H9NO/c1-31-42-38(20-39(50)37-6-4-5-7-41(37)64)44(51)55-40(42)11-17-61(31)46-53-23-33(24-54-46)32-8-14-58(15-9-32)35-21-49(22-35)28-60(29-49)47(66)56-43(45(65)59-16-10-36(63)26-59)48(2,3)12-18-57-19-13-52-34(25-57)27-67-30-62;1-2-9-3-5-10(6-4-9)7-11-8-12/h4-7,20,23-24,30-32,34-36,43,52,55,63-64H,8-19,21-22,25-29,50-51H2,1-3H3,(H,56,66);1,3-6,8H,7H2,(H,11,12)/b39-20-;/t31?,34-,36?,43?;/m0./s1. The number of likely N-dealkylation sites (tertiary alicyclic amines) is 3. The number of nitrogens with one attached hydrogen (secondary N) is 4. The molecule has 4 saturated heterocycles. The fraction of sp³-hybridized carbons (Fsp3) is 0.525. The van der Waals surface area contributed by atoms with Crippen molar-refractivity contribution in [2.45, 2.75) is 108 Å². The quantitative estimate of drug-likeness (QED) is 0.0553. The Labute approximate surface area is 463 Å². The lowest BCUT2D eigenvalue weighted by molar-refractivity contribution is -0.136. The van der Waals surface area contributed by atoms with Crippen molar-refractivity contribution in [3.05, 3.63) is 100.0 Å². The molecule has 2 aromatic heterocycles. The van der Waals surface area contributed by atoms with Gasteiger partial charge < -0.3 is 71.9 Å². The fourth-order valence-corrected chi connectivity index (χ4v) is 12.7. The number of ether oxygens (including phenoxy) is 1. The van der Waals surface area contributed by atoms with Crippen molar-refractivity contribution in [2.24, 2.45) is 16.6 Å². The van der Waals surface area contributed by atoms with Crippen LogP contribution in [0.25, 0.3) is 11.8 Å². The van der Waals surface area contributed by atoms with Gasteiger partial charge in [0, 0.05) is 123 Å². The van der Waals surface area contributed by atoms with Crippen molar-refractivity contribution in [3.8, 4) is 18.1 Å². The van der Waals surface area contributed by atoms with Crippen LogP contribution in [0.2, 0.25) is 0 Å². The molecule has 79 heavy (non-hydrogen) atoms. The van der Waals surface area contributed by atoms with Crippen LogP contribution in [0.4, 0.5) is 16.6 Å². The number of phenols is 1. The van der Waals surface area contributed by atoms with Crippen LogP contribution in [0, 0.1) is 23.2 Å². The number of phenolic OH excluding ortho intramolecular Hbond substituents is 1. The first-order chi connectivity index (χ1) is 38.1. The maximum Gasteiger partial charge on any atom is 0.318 e. The molecule has 20 heteroatoms. The molecule has 422 valence electrons. The minimum absolute atomic E-state index is 0.0492. The molecular weight excluding hydrogens is 1000 g/mol. The average Bonchev–Trinajstić information content (AvgIpc) is 3.94. The Morgan fingerprint density at radius 3 is 2.41 bits per heavy atom. The number of amides is 4. The predicted octanol–water partition coefficient (Wildman–Crippen LogP) is 3.77. The van der Waals surface area contributed by atoms with Gasteiger partial charge in [0.15, 0.2) is 0 Å². The number of rotatable bonds is 17. The molecule has 5 aliphatic heterocycles. The second-order valence-electron chi connectivity index (χ2n) is 23.2. The van der Waals surface area contributed by atoms with Crippen LogP contribution in [-0.2, 0) is 32.1 Å². The molecule has 2 aromatic carbocycles. The van der Waals surface area contributed by atoms with Crippen LogP contribution >= 0.6 is 0 Å². The SMILES string of the molecule is C#Cc1ccc(CNC=O)cc1.CC1c2c([nH]c(N)c2/C=C(\N)c2ccccc2O)CCN1c1ncc(C2CCN(C3CC4(C3)CN(C(=O)NC(C(=O)N3CCC(O)C3)C(C)(C)CCN3CCN[C@H](COC=O)C3)C4)CC2)cn1. The summed E-state index contributed by atoms with van der Waals surface area (Å²) in [6, 6.07) is 14.1. The highest BCUT2D eigenvalue weighted by atomic mass is 16.5. The molecule has 0 radical (unpaired) electrons. The van der Waals surface area contributed by atoms with Gasteiger partial charge in [-0.25, -0.2) is 14.8 Å². The molecule has 1 saturated carbocycles. The van der Waals surface area contributed by atoms with Crippen LogP contribution in [0.15, 0.2) is 60.9 Å². The van der Waals surface area contributed by atoms with Crippen LogP contribution in [0.3, 0.4) is 0 Å². The van der Waals surface area contributed by atoms with E-state index in [0.29, 0.717) is 93.5 Å². The van der Waals surface area contributed by atoms with E-state index in [2.05, 4.69) is 62.3 Å². The first-order valence-corrected chi connectivity index (χ1v) is 27.9. The molecule has 20 nitrogen and oxygen atoms in total. The van der Waals surface area contributed by atoms with Gasteiger partial charge in [-0.1, -0.05) is 44.0 Å². The van der Waals surface area contributed by atoms with Gasteiger partial charge >= 0.3 is 6.03 Å². The number of nitrogen functional groups attached to an aromatic ring is 1. The van der Waals surface area contributed by atoms with Gasteiger partial charge in [0.2, 0.25) is 18.3 Å². The number of fused-ring (bicyclic) bond motifs is 1. The summed E-state index contributed by atoms with van der Waals surface area (Å²) in [5.41, 5.74) is 19.6. The number of aliphatic hydroxyl groups is 1. The summed E-state index contributed by atoms with van der Waals surface area (Å²) in [6.07, 6.45) is 17.4. The highest BCUT2D eigenvalue weighted by Gasteiger charge is 2.56. The lowest BCUT2D eigenvalue weighted by Gasteiger charge is -2.61. The summed E-state index contributed by atoms with van der Waals surface area (Å²) in [5.74, 6) is 4.14. The third-order valence-corrected chi connectivity index (χ3v) is 17.4. The number of nitrogens with two attached hydrogens (primary N) is 2. The number of benzene rings is 2. The second kappa shape index (κ2) is 24.9. The van der Waals surface area contributed by atoms with E-state index in [4.69, 9.17) is 32.6 Å². The number of hydrogen-bond donors (Lipinski definition) is 8. The van der Waals surface area contributed by atoms with Crippen molar-refractivity contribution in [1.82, 2.24) is 50.5 Å². The van der Waals surface area contributed by atoms with Crippen molar-refractivity contribution >= 4 is 48.4 Å². The summed E-state index contributed by atoms with van der Waals surface area (Å²) in [7, 11) is 0. The Morgan fingerprint density at radius 1 is 1.00 bits per heavy atom. The summed E-state index contributed by atoms with van der Waals surface area (Å²) < 4.78 is 5.00. The van der Waals surface area contributed by atoms with E-state index < -0.39 is 17.6 Å². The zero-order chi connectivity index (χ0) is 55.8. The minimum atomic E-state index is -0.726. The molecule has 0 bridgehead atoms. The summed E-state index contributed by atoms with van der Waals surface area (Å²) in [6.45, 7) is 15.6. The molecule has 10 rings (SSSR count). The van der Waals surface area contributed by atoms with Gasteiger partial charge in [-0.05, 0) is 118 Å². The van der Waals surface area contributed by atoms with Gasteiger partial charge in [0.05, 0.1) is 18.2 Å². The molecule has 5 fully saturated rings. The van der Waals surface area contributed by atoms with E-state index in [1.165, 1.54) is 5.56 Å². The number of carbonyl (C=O) groups excluding carboxylic acids is 4. The number of aromatic hydroxyl groups is 1. The molecule has 7 heterocycles. The first-order valence-electron chi connectivity index (χ1n) is 27.9. The number of aromatic nitrogens is 3. The Balaban J connectivity index is 0.000000559. The number of piperidine rings is 1. The first kappa shape index (κ1) is 56.5. The maximum absolute atomic E-state index is 14.0. The number of piperazine rings is 1. The minimum Gasteiger partial charge on any atom is -0.507 e. The van der Waals surface area contributed by atoms with Gasteiger partial charge in [0.25, 0.3) is 6.47 Å². The number of aliphatic hydroxyl groups excluding tert-OH is 1. The molecule has 10 N–H and O–H groups in total. The summed E-state index contributed by atoms with van der Waals surface area (Å²) in [4.78, 5) is 72.5. The van der Waals surface area contributed by atoms with E-state index in [9.17, 15) is 29.4 Å². The largest absolute Gasteiger partial charge is 0.507 e. The lowest BCUT2D eigenvalue weighted by atomic mass is 9.60. The van der Waals surface area contributed by atoms with E-state index in [1.807, 2.05) is 53.7 Å². The molecule has 1 aliphatic carbocycles. The average molecular weight is 1080 g/mol.